The summed E-state index contributed by atoms with van der Waals surface area (Å²) in [5, 5.41) is 2.66. The summed E-state index contributed by atoms with van der Waals surface area (Å²) in [5.41, 5.74) is -1.17. The van der Waals surface area contributed by atoms with Gasteiger partial charge in [0.1, 0.15) is 11.6 Å². The summed E-state index contributed by atoms with van der Waals surface area (Å²) in [7, 11) is 0. The summed E-state index contributed by atoms with van der Waals surface area (Å²) in [6.45, 7) is 0. The van der Waals surface area contributed by atoms with Crippen LogP contribution in [0.25, 0.3) is 0 Å². The van der Waals surface area contributed by atoms with Crippen LogP contribution in [-0.4, -0.2) is 10.9 Å². The van der Waals surface area contributed by atoms with Gasteiger partial charge in [-0.2, -0.15) is 13.2 Å². The summed E-state index contributed by atoms with van der Waals surface area (Å²) in [4.78, 5) is 16.8. The molecule has 0 spiro atoms. The van der Waals surface area contributed by atoms with Gasteiger partial charge in [-0.15, -0.1) is 0 Å². The van der Waals surface area contributed by atoms with Gasteiger partial charge in [0.2, 0.25) is 5.91 Å². The predicted octanol–water partition coefficient (Wildman–Crippen LogP) is 5.54. The van der Waals surface area contributed by atoms with Crippen molar-refractivity contribution in [2.75, 3.05) is 5.32 Å². The van der Waals surface area contributed by atoms with Crippen molar-refractivity contribution < 1.29 is 22.4 Å². The van der Waals surface area contributed by atoms with E-state index in [2.05, 4.69) is 10.3 Å². The Morgan fingerprint density at radius 2 is 1.93 bits per heavy atom. The lowest BCUT2D eigenvalue weighted by molar-refractivity contribution is -0.140. The monoisotopic (exact) mass is 380 g/mol. The number of nitrogens with one attached hydrogen (secondary N) is 1. The second-order valence-electron chi connectivity index (χ2n) is 6.88. The van der Waals surface area contributed by atoms with E-state index in [1.165, 1.54) is 12.3 Å². The van der Waals surface area contributed by atoms with Gasteiger partial charge in [0.15, 0.2) is 0 Å². The zero-order valence-electron chi connectivity index (χ0n) is 14.6. The van der Waals surface area contributed by atoms with E-state index in [0.29, 0.717) is 12.2 Å². The first-order valence-electron chi connectivity index (χ1n) is 8.93. The Morgan fingerprint density at radius 1 is 1.19 bits per heavy atom. The Balaban J connectivity index is 1.90. The van der Waals surface area contributed by atoms with Gasteiger partial charge in [-0.1, -0.05) is 37.8 Å². The van der Waals surface area contributed by atoms with Crippen LogP contribution in [-0.2, 0) is 11.0 Å². The molecule has 2 aromatic rings. The lowest BCUT2D eigenvalue weighted by Crippen LogP contribution is -2.24. The average Bonchev–Trinajstić information content (AvgIpc) is 3.13. The lowest BCUT2D eigenvalue weighted by Gasteiger charge is -2.21. The van der Waals surface area contributed by atoms with Gasteiger partial charge in [0, 0.05) is 6.20 Å². The van der Waals surface area contributed by atoms with E-state index in [9.17, 15) is 22.4 Å². The molecule has 1 amide bonds. The summed E-state index contributed by atoms with van der Waals surface area (Å²) >= 11 is 0. The molecule has 1 heterocycles. The zero-order valence-corrected chi connectivity index (χ0v) is 14.6. The first kappa shape index (κ1) is 19.3. The lowest BCUT2D eigenvalue weighted by atomic mass is 9.86. The van der Waals surface area contributed by atoms with Crippen LogP contribution < -0.4 is 5.32 Å². The summed E-state index contributed by atoms with van der Waals surface area (Å²) in [5.74, 6) is -1.96. The van der Waals surface area contributed by atoms with Crippen LogP contribution in [0.4, 0.5) is 23.4 Å². The first-order chi connectivity index (χ1) is 12.8. The molecule has 7 heteroatoms. The second-order valence-corrected chi connectivity index (χ2v) is 6.88. The van der Waals surface area contributed by atoms with Crippen LogP contribution in [0.2, 0.25) is 0 Å². The van der Waals surface area contributed by atoms with Gasteiger partial charge in [0.05, 0.1) is 11.5 Å². The fraction of sp³-hybridized carbons (Fsp3) is 0.400. The molecule has 1 atom stereocenters. The summed E-state index contributed by atoms with van der Waals surface area (Å²) in [6, 6.07) is 7.81. The third-order valence-electron chi connectivity index (χ3n) is 4.97. The predicted molar refractivity (Wildman–Crippen MR) is 93.6 cm³/mol. The van der Waals surface area contributed by atoms with Crippen molar-refractivity contribution in [2.45, 2.75) is 44.2 Å². The van der Waals surface area contributed by atoms with E-state index in [1.807, 2.05) is 0 Å². The van der Waals surface area contributed by atoms with Crippen LogP contribution in [0, 0.1) is 11.7 Å². The van der Waals surface area contributed by atoms with E-state index in [0.717, 1.165) is 37.8 Å². The zero-order chi connectivity index (χ0) is 19.4. The molecule has 1 N–H and O–H groups in total. The van der Waals surface area contributed by atoms with Crippen LogP contribution in [0.15, 0.2) is 42.6 Å². The largest absolute Gasteiger partial charge is 0.419 e. The van der Waals surface area contributed by atoms with Gasteiger partial charge in [-0.3, -0.25) is 4.79 Å². The van der Waals surface area contributed by atoms with Crippen molar-refractivity contribution in [3.63, 3.8) is 0 Å². The maximum atomic E-state index is 13.7. The number of anilines is 1. The van der Waals surface area contributed by atoms with Crippen LogP contribution in [0.3, 0.4) is 0 Å². The number of rotatable bonds is 5. The molecule has 1 saturated carbocycles. The SMILES string of the molecule is O=C(Nc1ccccn1)C(CC1CCCC1)c1ccc(F)c(C(F)(F)F)c1. The number of alkyl halides is 3. The van der Waals surface area contributed by atoms with Crippen molar-refractivity contribution in [3.8, 4) is 0 Å². The third-order valence-corrected chi connectivity index (χ3v) is 4.97. The standard InChI is InChI=1S/C20H20F4N2O/c21-17-9-8-14(12-16(17)20(22,23)24)15(11-13-5-1-2-6-13)19(27)26-18-7-3-4-10-25-18/h3-4,7-10,12-13,15H,1-2,5-6,11H2,(H,25,26,27). The van der Waals surface area contributed by atoms with E-state index in [1.54, 1.807) is 18.2 Å². The van der Waals surface area contributed by atoms with Crippen molar-refractivity contribution in [1.82, 2.24) is 4.98 Å². The molecule has 3 nitrogen and oxygen atoms in total. The molecular weight excluding hydrogens is 360 g/mol. The fourth-order valence-corrected chi connectivity index (χ4v) is 3.60. The molecule has 0 radical (unpaired) electrons. The second kappa shape index (κ2) is 8.06. The molecule has 0 bridgehead atoms. The van der Waals surface area contributed by atoms with Crippen LogP contribution in [0.5, 0.6) is 0 Å². The smallest absolute Gasteiger partial charge is 0.310 e. The number of nitrogens with zero attached hydrogens (tertiary/aromatic N) is 1. The van der Waals surface area contributed by atoms with E-state index in [-0.39, 0.29) is 11.5 Å². The highest BCUT2D eigenvalue weighted by molar-refractivity contribution is 5.95. The summed E-state index contributed by atoms with van der Waals surface area (Å²) in [6.07, 6.45) is 1.13. The number of amides is 1. The topological polar surface area (TPSA) is 42.0 Å². The van der Waals surface area contributed by atoms with Gasteiger partial charge in [-0.05, 0) is 42.2 Å². The summed E-state index contributed by atoms with van der Waals surface area (Å²) < 4.78 is 52.9. The van der Waals surface area contributed by atoms with Crippen LogP contribution >= 0.6 is 0 Å². The molecule has 1 unspecified atom stereocenters. The van der Waals surface area contributed by atoms with E-state index < -0.39 is 29.4 Å². The number of benzene rings is 1. The minimum Gasteiger partial charge on any atom is -0.310 e. The number of aromatic nitrogens is 1. The van der Waals surface area contributed by atoms with E-state index >= 15 is 0 Å². The normalized spacial score (nSPS) is 16.3. The molecule has 1 fully saturated rings. The molecule has 1 aromatic heterocycles. The number of carbonyl (C=O) groups is 1. The number of hydrogen-bond donors (Lipinski definition) is 1. The third kappa shape index (κ3) is 4.84. The Hall–Kier alpha value is -2.44. The van der Waals surface area contributed by atoms with Gasteiger partial charge in [-0.25, -0.2) is 9.37 Å². The molecule has 144 valence electrons. The Morgan fingerprint density at radius 3 is 2.56 bits per heavy atom. The molecule has 1 aromatic carbocycles. The molecule has 1 aliphatic carbocycles. The van der Waals surface area contributed by atoms with E-state index in [4.69, 9.17) is 0 Å². The molecule has 27 heavy (non-hydrogen) atoms. The molecule has 0 aliphatic heterocycles. The molecule has 0 saturated heterocycles. The average molecular weight is 380 g/mol. The number of halogens is 4. The van der Waals surface area contributed by atoms with Crippen molar-refractivity contribution in [1.29, 1.82) is 0 Å². The minimum absolute atomic E-state index is 0.170. The Bertz CT molecular complexity index is 786. The van der Waals surface area contributed by atoms with Gasteiger partial charge >= 0.3 is 6.18 Å². The number of pyridine rings is 1. The highest BCUT2D eigenvalue weighted by atomic mass is 19.4. The van der Waals surface area contributed by atoms with Crippen LogP contribution in [0.1, 0.15) is 49.1 Å². The Kier molecular flexibility index (Phi) is 5.77. The van der Waals surface area contributed by atoms with Gasteiger partial charge < -0.3 is 5.32 Å². The number of hydrogen-bond acceptors (Lipinski definition) is 2. The maximum Gasteiger partial charge on any atom is 0.419 e. The quantitative estimate of drug-likeness (QED) is 0.692. The molecular formula is C20H20F4N2O. The van der Waals surface area contributed by atoms with Gasteiger partial charge in [0.25, 0.3) is 0 Å². The highest BCUT2D eigenvalue weighted by Crippen LogP contribution is 2.38. The maximum absolute atomic E-state index is 13.7. The molecule has 1 aliphatic rings. The molecule has 3 rings (SSSR count). The first-order valence-corrected chi connectivity index (χ1v) is 8.93. The number of carbonyl (C=O) groups excluding carboxylic acids is 1. The van der Waals surface area contributed by atoms with Crippen molar-refractivity contribution >= 4 is 11.7 Å². The van der Waals surface area contributed by atoms with Crippen molar-refractivity contribution in [2.24, 2.45) is 5.92 Å². The fourth-order valence-electron chi connectivity index (χ4n) is 3.60. The Labute approximate surface area is 154 Å². The minimum atomic E-state index is -4.81. The van der Waals surface area contributed by atoms with Crippen molar-refractivity contribution in [3.05, 3.63) is 59.5 Å². The highest BCUT2D eigenvalue weighted by Gasteiger charge is 2.36.